The lowest BCUT2D eigenvalue weighted by Gasteiger charge is -2.19. The minimum absolute atomic E-state index is 0.0240. The van der Waals surface area contributed by atoms with Gasteiger partial charge in [0, 0.05) is 19.1 Å². The summed E-state index contributed by atoms with van der Waals surface area (Å²) in [6.45, 7) is -0.163. The van der Waals surface area contributed by atoms with Crippen molar-refractivity contribution >= 4 is 16.5 Å². The van der Waals surface area contributed by atoms with Gasteiger partial charge < -0.3 is 15.7 Å². The molecule has 0 heterocycles. The van der Waals surface area contributed by atoms with Gasteiger partial charge in [0.15, 0.2) is 0 Å². The van der Waals surface area contributed by atoms with Gasteiger partial charge in [-0.3, -0.25) is 9.35 Å². The van der Waals surface area contributed by atoms with E-state index in [-0.39, 0.29) is 19.7 Å². The highest BCUT2D eigenvalue weighted by Gasteiger charge is 2.15. The third-order valence-corrected chi connectivity index (χ3v) is 2.28. The molecule has 0 spiro atoms. The van der Waals surface area contributed by atoms with Crippen molar-refractivity contribution in [1.82, 2.24) is 4.90 Å². The standard InChI is InChI=1S/C6H14N2O5S/c7-6(4-14(11,12)13)3-8(5-10)1-2-9/h5-6,9H,1-4,7H2,(H,11,12,13). The summed E-state index contributed by atoms with van der Waals surface area (Å²) >= 11 is 0. The van der Waals surface area contributed by atoms with E-state index in [1.54, 1.807) is 0 Å². The van der Waals surface area contributed by atoms with Crippen molar-refractivity contribution in [3.8, 4) is 0 Å². The van der Waals surface area contributed by atoms with E-state index in [1.165, 1.54) is 0 Å². The molecule has 14 heavy (non-hydrogen) atoms. The normalized spacial score (nSPS) is 13.6. The third kappa shape index (κ3) is 6.78. The lowest BCUT2D eigenvalue weighted by Crippen LogP contribution is -2.42. The maximum absolute atomic E-state index is 10.4. The first-order valence-corrected chi connectivity index (χ1v) is 5.51. The fourth-order valence-corrected chi connectivity index (χ4v) is 1.59. The van der Waals surface area contributed by atoms with Crippen molar-refractivity contribution in [1.29, 1.82) is 0 Å². The van der Waals surface area contributed by atoms with Gasteiger partial charge in [0.05, 0.1) is 12.4 Å². The first-order valence-electron chi connectivity index (χ1n) is 3.90. The van der Waals surface area contributed by atoms with Gasteiger partial charge in [0.2, 0.25) is 6.41 Å². The van der Waals surface area contributed by atoms with Crippen LogP contribution in [0.4, 0.5) is 0 Å². The second kappa shape index (κ2) is 5.91. The molecule has 4 N–H and O–H groups in total. The molecule has 0 radical (unpaired) electrons. The molecule has 0 aliphatic carbocycles. The highest BCUT2D eigenvalue weighted by molar-refractivity contribution is 7.85. The van der Waals surface area contributed by atoms with Crippen molar-refractivity contribution in [2.75, 3.05) is 25.4 Å². The zero-order valence-electron chi connectivity index (χ0n) is 7.54. The number of amides is 1. The number of nitrogens with two attached hydrogens (primary N) is 1. The van der Waals surface area contributed by atoms with Crippen LogP contribution in [-0.2, 0) is 14.9 Å². The fraction of sp³-hybridized carbons (Fsp3) is 0.833. The third-order valence-electron chi connectivity index (χ3n) is 1.43. The fourth-order valence-electron chi connectivity index (χ4n) is 0.940. The number of hydrogen-bond acceptors (Lipinski definition) is 5. The van der Waals surface area contributed by atoms with Gasteiger partial charge in [-0.1, -0.05) is 0 Å². The van der Waals surface area contributed by atoms with Crippen LogP contribution in [0.25, 0.3) is 0 Å². The van der Waals surface area contributed by atoms with Gasteiger partial charge >= 0.3 is 0 Å². The van der Waals surface area contributed by atoms with E-state index in [2.05, 4.69) is 0 Å². The Labute approximate surface area is 82.2 Å². The number of rotatable bonds is 7. The van der Waals surface area contributed by atoms with Crippen LogP contribution in [0.2, 0.25) is 0 Å². The lowest BCUT2D eigenvalue weighted by molar-refractivity contribution is -0.118. The molecule has 7 nitrogen and oxygen atoms in total. The molecule has 0 aliphatic rings. The van der Waals surface area contributed by atoms with Crippen molar-refractivity contribution in [2.45, 2.75) is 6.04 Å². The van der Waals surface area contributed by atoms with Crippen LogP contribution >= 0.6 is 0 Å². The second-order valence-electron chi connectivity index (χ2n) is 2.83. The summed E-state index contributed by atoms with van der Waals surface area (Å²) in [6.07, 6.45) is 0.458. The lowest BCUT2D eigenvalue weighted by atomic mass is 10.3. The molecule has 0 aromatic carbocycles. The Bertz CT molecular complexity index is 265. The number of carbonyl (C=O) groups excluding carboxylic acids is 1. The molecule has 1 atom stereocenters. The van der Waals surface area contributed by atoms with E-state index in [1.807, 2.05) is 0 Å². The molecule has 8 heteroatoms. The Morgan fingerprint density at radius 3 is 2.43 bits per heavy atom. The van der Waals surface area contributed by atoms with Crippen molar-refractivity contribution in [3.05, 3.63) is 0 Å². The Morgan fingerprint density at radius 1 is 1.50 bits per heavy atom. The summed E-state index contributed by atoms with van der Waals surface area (Å²) in [7, 11) is -4.12. The summed E-state index contributed by atoms with van der Waals surface area (Å²) in [5.74, 6) is -0.608. The molecule has 0 saturated heterocycles. The van der Waals surface area contributed by atoms with Gasteiger partial charge in [-0.15, -0.1) is 0 Å². The summed E-state index contributed by atoms with van der Waals surface area (Å²) in [5, 5.41) is 8.50. The van der Waals surface area contributed by atoms with E-state index in [4.69, 9.17) is 15.4 Å². The molecule has 84 valence electrons. The molecule has 0 aromatic heterocycles. The molecule has 0 saturated carbocycles. The Hall–Kier alpha value is -0.700. The van der Waals surface area contributed by atoms with Gasteiger partial charge in [-0.2, -0.15) is 8.42 Å². The summed E-state index contributed by atoms with van der Waals surface area (Å²) in [4.78, 5) is 11.5. The molecule has 0 aromatic rings. The highest BCUT2D eigenvalue weighted by atomic mass is 32.2. The van der Waals surface area contributed by atoms with Crippen LogP contribution in [0.15, 0.2) is 0 Å². The zero-order valence-corrected chi connectivity index (χ0v) is 8.35. The van der Waals surface area contributed by atoms with Crippen LogP contribution in [-0.4, -0.2) is 60.9 Å². The van der Waals surface area contributed by atoms with Crippen LogP contribution in [0.3, 0.4) is 0 Å². The monoisotopic (exact) mass is 226 g/mol. The largest absolute Gasteiger partial charge is 0.395 e. The molecule has 0 rings (SSSR count). The van der Waals surface area contributed by atoms with Crippen LogP contribution < -0.4 is 5.73 Å². The predicted molar refractivity (Wildman–Crippen MR) is 49.1 cm³/mol. The van der Waals surface area contributed by atoms with Gasteiger partial charge in [-0.05, 0) is 0 Å². The maximum atomic E-state index is 10.4. The first-order chi connectivity index (χ1) is 6.39. The Kier molecular flexibility index (Phi) is 5.62. The zero-order chi connectivity index (χ0) is 11.2. The molecular weight excluding hydrogens is 212 g/mol. The van der Waals surface area contributed by atoms with E-state index >= 15 is 0 Å². The molecule has 0 bridgehead atoms. The van der Waals surface area contributed by atoms with Gasteiger partial charge in [0.25, 0.3) is 10.1 Å². The van der Waals surface area contributed by atoms with E-state index in [0.717, 1.165) is 4.90 Å². The van der Waals surface area contributed by atoms with Crippen molar-refractivity contribution in [3.63, 3.8) is 0 Å². The molecule has 1 amide bonds. The molecule has 1 unspecified atom stereocenters. The molecular formula is C6H14N2O5S. The van der Waals surface area contributed by atoms with Crippen LogP contribution in [0, 0.1) is 0 Å². The highest BCUT2D eigenvalue weighted by Crippen LogP contribution is 1.91. The van der Waals surface area contributed by atoms with E-state index in [9.17, 15) is 13.2 Å². The first kappa shape index (κ1) is 13.3. The number of aliphatic hydroxyl groups is 1. The van der Waals surface area contributed by atoms with E-state index < -0.39 is 21.9 Å². The van der Waals surface area contributed by atoms with Crippen molar-refractivity contribution in [2.24, 2.45) is 5.73 Å². The number of hydrogen-bond donors (Lipinski definition) is 3. The Morgan fingerprint density at radius 2 is 2.07 bits per heavy atom. The maximum Gasteiger partial charge on any atom is 0.266 e. The average Bonchev–Trinajstić information content (AvgIpc) is 2.00. The van der Waals surface area contributed by atoms with Crippen LogP contribution in [0.1, 0.15) is 0 Å². The number of nitrogens with zero attached hydrogens (tertiary/aromatic N) is 1. The summed E-state index contributed by atoms with van der Waals surface area (Å²) in [6, 6.07) is -0.859. The molecule has 0 fully saturated rings. The van der Waals surface area contributed by atoms with Crippen LogP contribution in [0.5, 0.6) is 0 Å². The number of aliphatic hydroxyl groups excluding tert-OH is 1. The second-order valence-corrected chi connectivity index (χ2v) is 4.33. The van der Waals surface area contributed by atoms with E-state index in [0.29, 0.717) is 6.41 Å². The van der Waals surface area contributed by atoms with Crippen molar-refractivity contribution < 1.29 is 22.9 Å². The topological polar surface area (TPSA) is 121 Å². The summed E-state index contributed by atoms with van der Waals surface area (Å²) in [5.41, 5.74) is 5.35. The smallest absolute Gasteiger partial charge is 0.266 e. The molecule has 0 aliphatic heterocycles. The average molecular weight is 226 g/mol. The summed E-state index contributed by atoms with van der Waals surface area (Å²) < 4.78 is 29.2. The Balaban J connectivity index is 4.02. The minimum atomic E-state index is -4.12. The van der Waals surface area contributed by atoms with Gasteiger partial charge in [0.1, 0.15) is 0 Å². The quantitative estimate of drug-likeness (QED) is 0.330. The SMILES string of the molecule is NC(CN(C=O)CCO)CS(=O)(=O)O. The minimum Gasteiger partial charge on any atom is -0.395 e. The van der Waals surface area contributed by atoms with Gasteiger partial charge in [-0.25, -0.2) is 0 Å². The number of carbonyl (C=O) groups is 1. The predicted octanol–water partition coefficient (Wildman–Crippen LogP) is -2.35.